The highest BCUT2D eigenvalue weighted by Crippen LogP contribution is 2.25. The predicted molar refractivity (Wildman–Crippen MR) is 65.4 cm³/mol. The zero-order chi connectivity index (χ0) is 14.2. The van der Waals surface area contributed by atoms with Gasteiger partial charge in [0.1, 0.15) is 5.82 Å². The summed E-state index contributed by atoms with van der Waals surface area (Å²) < 4.78 is 18.9. The van der Waals surface area contributed by atoms with Gasteiger partial charge in [-0.15, -0.1) is 0 Å². The summed E-state index contributed by atoms with van der Waals surface area (Å²) in [5, 5.41) is 12.5. The van der Waals surface area contributed by atoms with Crippen molar-refractivity contribution in [2.75, 3.05) is 0 Å². The summed E-state index contributed by atoms with van der Waals surface area (Å²) in [6, 6.07) is 3.56. The van der Waals surface area contributed by atoms with Gasteiger partial charge in [-0.2, -0.15) is 4.98 Å². The second-order valence-electron chi connectivity index (χ2n) is 5.17. The van der Waals surface area contributed by atoms with Crippen molar-refractivity contribution in [2.24, 2.45) is 0 Å². The molecule has 0 atom stereocenters. The van der Waals surface area contributed by atoms with E-state index < -0.39 is 11.8 Å². The lowest BCUT2D eigenvalue weighted by Gasteiger charge is -2.10. The Morgan fingerprint density at radius 2 is 2.05 bits per heavy atom. The third kappa shape index (κ3) is 2.62. The second-order valence-corrected chi connectivity index (χ2v) is 5.17. The largest absolute Gasteiger partial charge is 0.478 e. The van der Waals surface area contributed by atoms with Crippen molar-refractivity contribution >= 4 is 5.97 Å². The summed E-state index contributed by atoms with van der Waals surface area (Å²) in [6.45, 7) is 5.69. The van der Waals surface area contributed by atoms with Gasteiger partial charge < -0.3 is 9.63 Å². The van der Waals surface area contributed by atoms with Crippen LogP contribution in [0.5, 0.6) is 0 Å². The van der Waals surface area contributed by atoms with Gasteiger partial charge in [0.15, 0.2) is 0 Å². The fourth-order valence-electron chi connectivity index (χ4n) is 1.47. The Morgan fingerprint density at radius 1 is 1.37 bits per heavy atom. The number of aromatic nitrogens is 2. The lowest BCUT2D eigenvalue weighted by Crippen LogP contribution is -2.11. The van der Waals surface area contributed by atoms with E-state index in [0.29, 0.717) is 5.89 Å². The van der Waals surface area contributed by atoms with Crippen LogP contribution in [0.3, 0.4) is 0 Å². The van der Waals surface area contributed by atoms with Crippen molar-refractivity contribution < 1.29 is 18.8 Å². The van der Waals surface area contributed by atoms with Crippen LogP contribution in [0.1, 0.15) is 37.0 Å². The molecule has 1 N–H and O–H groups in total. The fraction of sp³-hybridized carbons (Fsp3) is 0.308. The first kappa shape index (κ1) is 13.2. The molecule has 19 heavy (non-hydrogen) atoms. The lowest BCUT2D eigenvalue weighted by molar-refractivity contribution is 0.0696. The molecule has 0 aliphatic carbocycles. The van der Waals surface area contributed by atoms with Crippen LogP contribution < -0.4 is 0 Å². The Bertz CT molecular complexity index is 629. The smallest absolute Gasteiger partial charge is 0.335 e. The summed E-state index contributed by atoms with van der Waals surface area (Å²) in [4.78, 5) is 14.8. The van der Waals surface area contributed by atoms with Crippen molar-refractivity contribution in [3.63, 3.8) is 0 Å². The van der Waals surface area contributed by atoms with E-state index >= 15 is 0 Å². The van der Waals surface area contributed by atoms with Gasteiger partial charge in [-0.1, -0.05) is 25.9 Å². The molecular weight excluding hydrogens is 251 g/mol. The number of halogens is 1. The number of carboxylic acids is 1. The van der Waals surface area contributed by atoms with Gasteiger partial charge in [-0.25, -0.2) is 9.18 Å². The molecule has 0 aliphatic heterocycles. The average Bonchev–Trinajstić information content (AvgIpc) is 2.77. The van der Waals surface area contributed by atoms with E-state index in [1.165, 1.54) is 12.1 Å². The van der Waals surface area contributed by atoms with Crippen LogP contribution in [0.15, 0.2) is 22.7 Å². The summed E-state index contributed by atoms with van der Waals surface area (Å²) >= 11 is 0. The highest BCUT2D eigenvalue weighted by molar-refractivity contribution is 5.88. The van der Waals surface area contributed by atoms with Crippen LogP contribution >= 0.6 is 0 Å². The van der Waals surface area contributed by atoms with E-state index in [4.69, 9.17) is 9.63 Å². The van der Waals surface area contributed by atoms with E-state index in [9.17, 15) is 9.18 Å². The molecule has 5 nitrogen and oxygen atoms in total. The Kier molecular flexibility index (Phi) is 3.09. The molecular formula is C13H13FN2O3. The molecule has 6 heteroatoms. The number of hydrogen-bond acceptors (Lipinski definition) is 4. The van der Waals surface area contributed by atoms with Crippen molar-refractivity contribution in [1.29, 1.82) is 0 Å². The number of aromatic carboxylic acids is 1. The maximum Gasteiger partial charge on any atom is 0.335 e. The Morgan fingerprint density at radius 3 is 2.53 bits per heavy atom. The predicted octanol–water partition coefficient (Wildman–Crippen LogP) is 2.87. The van der Waals surface area contributed by atoms with Crippen molar-refractivity contribution in [1.82, 2.24) is 10.1 Å². The van der Waals surface area contributed by atoms with Crippen LogP contribution in [-0.4, -0.2) is 21.2 Å². The van der Waals surface area contributed by atoms with E-state index in [-0.39, 0.29) is 22.4 Å². The summed E-state index contributed by atoms with van der Waals surface area (Å²) in [5.41, 5.74) is -0.340. The number of carbonyl (C=O) groups is 1. The monoisotopic (exact) mass is 264 g/mol. The molecule has 0 radical (unpaired) electrons. The van der Waals surface area contributed by atoms with Crippen LogP contribution in [0.2, 0.25) is 0 Å². The first-order chi connectivity index (χ1) is 8.79. The van der Waals surface area contributed by atoms with Crippen LogP contribution in [0, 0.1) is 5.82 Å². The molecule has 0 saturated carbocycles. The first-order valence-corrected chi connectivity index (χ1v) is 5.66. The van der Waals surface area contributed by atoms with Crippen molar-refractivity contribution in [2.45, 2.75) is 26.2 Å². The maximum absolute atomic E-state index is 13.8. The lowest BCUT2D eigenvalue weighted by atomic mass is 9.97. The number of carboxylic acid groups (broad SMARTS) is 1. The molecule has 0 bridgehead atoms. The molecule has 0 spiro atoms. The number of nitrogens with zero attached hydrogens (tertiary/aromatic N) is 2. The zero-order valence-electron chi connectivity index (χ0n) is 10.8. The number of rotatable bonds is 2. The molecule has 1 heterocycles. The molecule has 2 aromatic rings. The average molecular weight is 264 g/mol. The fourth-order valence-corrected chi connectivity index (χ4v) is 1.47. The SMILES string of the molecule is CC(C)(C)c1nc(-c2ccc(C(=O)O)cc2F)no1. The minimum absolute atomic E-state index is 0.111. The normalized spacial score (nSPS) is 11.6. The Hall–Kier alpha value is -2.24. The minimum Gasteiger partial charge on any atom is -0.478 e. The standard InChI is InChI=1S/C13H13FN2O3/c1-13(2,3)12-15-10(16-19-12)8-5-4-7(11(17)18)6-9(8)14/h4-6H,1-3H3,(H,17,18). The van der Waals surface area contributed by atoms with Gasteiger partial charge in [0.05, 0.1) is 11.1 Å². The Balaban J connectivity index is 2.43. The van der Waals surface area contributed by atoms with Gasteiger partial charge in [-0.05, 0) is 18.2 Å². The zero-order valence-corrected chi connectivity index (χ0v) is 10.8. The first-order valence-electron chi connectivity index (χ1n) is 5.66. The maximum atomic E-state index is 13.8. The third-order valence-electron chi connectivity index (χ3n) is 2.52. The van der Waals surface area contributed by atoms with Crippen LogP contribution in [0.4, 0.5) is 4.39 Å². The molecule has 0 aliphatic rings. The molecule has 0 fully saturated rings. The number of benzene rings is 1. The molecule has 2 rings (SSSR count). The number of hydrogen-bond donors (Lipinski definition) is 1. The van der Waals surface area contributed by atoms with Crippen molar-refractivity contribution in [3.05, 3.63) is 35.5 Å². The van der Waals surface area contributed by atoms with Crippen LogP contribution in [0.25, 0.3) is 11.4 Å². The van der Waals surface area contributed by atoms with Gasteiger partial charge in [0, 0.05) is 5.41 Å². The van der Waals surface area contributed by atoms with Gasteiger partial charge in [0.2, 0.25) is 11.7 Å². The van der Waals surface area contributed by atoms with Gasteiger partial charge >= 0.3 is 5.97 Å². The third-order valence-corrected chi connectivity index (χ3v) is 2.52. The van der Waals surface area contributed by atoms with Crippen molar-refractivity contribution in [3.8, 4) is 11.4 Å². The van der Waals surface area contributed by atoms with E-state index in [1.807, 2.05) is 20.8 Å². The minimum atomic E-state index is -1.19. The van der Waals surface area contributed by atoms with Gasteiger partial charge in [0.25, 0.3) is 0 Å². The quantitative estimate of drug-likeness (QED) is 0.902. The molecule has 1 aromatic heterocycles. The molecule has 0 amide bonds. The summed E-state index contributed by atoms with van der Waals surface area (Å²) in [7, 11) is 0. The molecule has 0 unspecified atom stereocenters. The Labute approximate surface area is 109 Å². The van der Waals surface area contributed by atoms with Crippen LogP contribution in [-0.2, 0) is 5.41 Å². The van der Waals surface area contributed by atoms with E-state index in [2.05, 4.69) is 10.1 Å². The summed E-state index contributed by atoms with van der Waals surface area (Å²) in [6.07, 6.45) is 0. The summed E-state index contributed by atoms with van der Waals surface area (Å²) in [5.74, 6) is -1.38. The molecule has 1 aromatic carbocycles. The van der Waals surface area contributed by atoms with E-state index in [1.54, 1.807) is 0 Å². The highest BCUT2D eigenvalue weighted by Gasteiger charge is 2.23. The van der Waals surface area contributed by atoms with E-state index in [0.717, 1.165) is 6.07 Å². The highest BCUT2D eigenvalue weighted by atomic mass is 19.1. The topological polar surface area (TPSA) is 76.2 Å². The second kappa shape index (κ2) is 4.46. The molecule has 100 valence electrons. The molecule has 0 saturated heterocycles. The van der Waals surface area contributed by atoms with Gasteiger partial charge in [-0.3, -0.25) is 0 Å².